The van der Waals surface area contributed by atoms with Crippen LogP contribution in [0.3, 0.4) is 0 Å². The minimum atomic E-state index is -4.49. The molecular formula is C19H13F3N2O4S. The molecule has 0 unspecified atom stereocenters. The van der Waals surface area contributed by atoms with Crippen molar-refractivity contribution in [2.24, 2.45) is 0 Å². The van der Waals surface area contributed by atoms with Crippen molar-refractivity contribution in [2.45, 2.75) is 12.8 Å². The van der Waals surface area contributed by atoms with Gasteiger partial charge in [0.1, 0.15) is 12.4 Å². The number of thiophene rings is 1. The van der Waals surface area contributed by atoms with Crippen molar-refractivity contribution in [2.75, 3.05) is 5.32 Å². The van der Waals surface area contributed by atoms with E-state index in [2.05, 4.69) is 5.32 Å². The Morgan fingerprint density at radius 2 is 1.86 bits per heavy atom. The molecule has 0 aliphatic heterocycles. The molecule has 1 heterocycles. The lowest BCUT2D eigenvalue weighted by Crippen LogP contribution is -2.12. The van der Waals surface area contributed by atoms with Crippen molar-refractivity contribution in [3.63, 3.8) is 0 Å². The van der Waals surface area contributed by atoms with Crippen LogP contribution in [0.4, 0.5) is 24.5 Å². The van der Waals surface area contributed by atoms with Crippen LogP contribution in [0.15, 0.2) is 60.0 Å². The summed E-state index contributed by atoms with van der Waals surface area (Å²) in [5.74, 6) is -0.104. The van der Waals surface area contributed by atoms with Gasteiger partial charge in [0.2, 0.25) is 0 Å². The van der Waals surface area contributed by atoms with E-state index in [0.29, 0.717) is 16.2 Å². The van der Waals surface area contributed by atoms with E-state index in [1.165, 1.54) is 36.4 Å². The van der Waals surface area contributed by atoms with Gasteiger partial charge < -0.3 is 10.1 Å². The maximum atomic E-state index is 12.8. The van der Waals surface area contributed by atoms with Crippen LogP contribution in [-0.2, 0) is 12.8 Å². The minimum Gasteiger partial charge on any atom is -0.489 e. The summed E-state index contributed by atoms with van der Waals surface area (Å²) in [6.45, 7) is 0.130. The predicted octanol–water partition coefficient (Wildman–Crippen LogP) is 5.51. The predicted molar refractivity (Wildman–Crippen MR) is 101 cm³/mol. The maximum Gasteiger partial charge on any atom is 0.416 e. The molecule has 1 aromatic heterocycles. The number of nitrogens with zero attached hydrogens (tertiary/aromatic N) is 1. The van der Waals surface area contributed by atoms with E-state index in [1.807, 2.05) is 0 Å². The fourth-order valence-electron chi connectivity index (χ4n) is 2.37. The first-order chi connectivity index (χ1) is 13.7. The fourth-order valence-corrected chi connectivity index (χ4v) is 3.16. The smallest absolute Gasteiger partial charge is 0.416 e. The van der Waals surface area contributed by atoms with Crippen LogP contribution in [0.1, 0.15) is 20.8 Å². The molecule has 150 valence electrons. The first kappa shape index (κ1) is 20.3. The van der Waals surface area contributed by atoms with Gasteiger partial charge in [-0.05, 0) is 41.8 Å². The number of alkyl halides is 3. The van der Waals surface area contributed by atoms with E-state index >= 15 is 0 Å². The van der Waals surface area contributed by atoms with E-state index in [9.17, 15) is 28.1 Å². The van der Waals surface area contributed by atoms with Gasteiger partial charge in [-0.25, -0.2) is 0 Å². The fraction of sp³-hybridized carbons (Fsp3) is 0.105. The number of nitrogens with one attached hydrogen (secondary N) is 1. The van der Waals surface area contributed by atoms with Crippen molar-refractivity contribution in [1.82, 2.24) is 0 Å². The number of halogens is 3. The van der Waals surface area contributed by atoms with Crippen molar-refractivity contribution in [1.29, 1.82) is 0 Å². The number of ether oxygens (including phenoxy) is 1. The largest absolute Gasteiger partial charge is 0.489 e. The van der Waals surface area contributed by atoms with Gasteiger partial charge in [-0.15, -0.1) is 11.3 Å². The summed E-state index contributed by atoms with van der Waals surface area (Å²) in [5, 5.41) is 14.8. The molecule has 0 bridgehead atoms. The number of anilines is 1. The number of nitro benzene ring substituents is 1. The second-order valence-corrected chi connectivity index (χ2v) is 6.80. The zero-order valence-corrected chi connectivity index (χ0v) is 15.4. The summed E-state index contributed by atoms with van der Waals surface area (Å²) in [5.41, 5.74) is -0.176. The van der Waals surface area contributed by atoms with Gasteiger partial charge in [0, 0.05) is 23.4 Å². The molecule has 6 nitrogen and oxygen atoms in total. The highest BCUT2D eigenvalue weighted by molar-refractivity contribution is 7.12. The summed E-state index contributed by atoms with van der Waals surface area (Å²) < 4.78 is 43.8. The summed E-state index contributed by atoms with van der Waals surface area (Å²) >= 11 is 1.12. The number of hydrogen-bond donors (Lipinski definition) is 1. The van der Waals surface area contributed by atoms with Gasteiger partial charge in [0.05, 0.1) is 15.4 Å². The molecule has 0 radical (unpaired) electrons. The van der Waals surface area contributed by atoms with E-state index in [4.69, 9.17) is 4.74 Å². The van der Waals surface area contributed by atoms with Crippen LogP contribution in [0.5, 0.6) is 5.75 Å². The summed E-state index contributed by atoms with van der Waals surface area (Å²) in [7, 11) is 0. The number of nitro groups is 1. The summed E-state index contributed by atoms with van der Waals surface area (Å²) in [4.78, 5) is 22.7. The molecule has 29 heavy (non-hydrogen) atoms. The lowest BCUT2D eigenvalue weighted by Gasteiger charge is -2.09. The average molecular weight is 422 g/mol. The highest BCUT2D eigenvalue weighted by Crippen LogP contribution is 2.31. The molecule has 0 saturated carbocycles. The molecule has 1 amide bonds. The summed E-state index contributed by atoms with van der Waals surface area (Å²) in [6.07, 6.45) is -4.49. The molecule has 3 rings (SSSR count). The quantitative estimate of drug-likeness (QED) is 0.420. The van der Waals surface area contributed by atoms with E-state index < -0.39 is 22.6 Å². The number of carbonyl (C=O) groups is 1. The first-order valence-corrected chi connectivity index (χ1v) is 9.03. The summed E-state index contributed by atoms with van der Waals surface area (Å²) in [6, 6.07) is 11.5. The van der Waals surface area contributed by atoms with Gasteiger partial charge in [-0.2, -0.15) is 13.2 Å². The Morgan fingerprint density at radius 3 is 2.52 bits per heavy atom. The number of benzene rings is 2. The molecule has 10 heteroatoms. The van der Waals surface area contributed by atoms with Crippen LogP contribution < -0.4 is 10.1 Å². The molecule has 1 N–H and O–H groups in total. The van der Waals surface area contributed by atoms with E-state index in [0.717, 1.165) is 23.5 Å². The zero-order chi connectivity index (χ0) is 21.0. The third-order valence-electron chi connectivity index (χ3n) is 3.78. The topological polar surface area (TPSA) is 81.5 Å². The standard InChI is InChI=1S/C19H13F3N2O4S/c20-19(21,22)13-2-1-3-14(9-13)23-18(25)17-8-12(11-29-17)10-28-16-6-4-15(5-7-16)24(26)27/h1-9,11H,10H2,(H,23,25). The lowest BCUT2D eigenvalue weighted by molar-refractivity contribution is -0.384. The number of carbonyl (C=O) groups excluding carboxylic acids is 1. The highest BCUT2D eigenvalue weighted by atomic mass is 32.1. The normalized spacial score (nSPS) is 11.1. The van der Waals surface area contributed by atoms with Gasteiger partial charge in [-0.3, -0.25) is 14.9 Å². The lowest BCUT2D eigenvalue weighted by atomic mass is 10.2. The average Bonchev–Trinajstić information content (AvgIpc) is 3.15. The van der Waals surface area contributed by atoms with Crippen LogP contribution in [0.2, 0.25) is 0 Å². The molecule has 0 aliphatic rings. The van der Waals surface area contributed by atoms with E-state index in [-0.39, 0.29) is 18.0 Å². The molecule has 0 spiro atoms. The molecule has 2 aromatic carbocycles. The molecule has 0 fully saturated rings. The Morgan fingerprint density at radius 1 is 1.14 bits per heavy atom. The minimum absolute atomic E-state index is 0.0434. The number of non-ortho nitro benzene ring substituents is 1. The molecule has 0 aliphatic carbocycles. The van der Waals surface area contributed by atoms with Crippen LogP contribution in [-0.4, -0.2) is 10.8 Å². The molecular weight excluding hydrogens is 409 g/mol. The van der Waals surface area contributed by atoms with Crippen molar-refractivity contribution < 1.29 is 27.6 Å². The number of amides is 1. The second-order valence-electron chi connectivity index (χ2n) is 5.89. The van der Waals surface area contributed by atoms with Gasteiger partial charge >= 0.3 is 6.18 Å². The number of hydrogen-bond acceptors (Lipinski definition) is 5. The Kier molecular flexibility index (Phi) is 5.83. The van der Waals surface area contributed by atoms with Crippen LogP contribution >= 0.6 is 11.3 Å². The third-order valence-corrected chi connectivity index (χ3v) is 4.76. The van der Waals surface area contributed by atoms with E-state index in [1.54, 1.807) is 11.4 Å². The Bertz CT molecular complexity index is 1030. The highest BCUT2D eigenvalue weighted by Gasteiger charge is 2.30. The molecule has 0 atom stereocenters. The van der Waals surface area contributed by atoms with Gasteiger partial charge in [0.25, 0.3) is 11.6 Å². The number of rotatable bonds is 6. The molecule has 0 saturated heterocycles. The Hall–Kier alpha value is -3.40. The van der Waals surface area contributed by atoms with Gasteiger partial charge in [0.15, 0.2) is 0 Å². The van der Waals surface area contributed by atoms with Crippen molar-refractivity contribution >= 4 is 28.6 Å². The van der Waals surface area contributed by atoms with Crippen molar-refractivity contribution in [3.05, 3.63) is 86.1 Å². The first-order valence-electron chi connectivity index (χ1n) is 8.15. The van der Waals surface area contributed by atoms with Gasteiger partial charge in [-0.1, -0.05) is 6.07 Å². The second kappa shape index (κ2) is 8.31. The SMILES string of the molecule is O=C(Nc1cccc(C(F)(F)F)c1)c1cc(COc2ccc([N+](=O)[O-])cc2)cs1. The Balaban J connectivity index is 1.60. The zero-order valence-electron chi connectivity index (χ0n) is 14.6. The molecule has 3 aromatic rings. The monoisotopic (exact) mass is 422 g/mol. The maximum absolute atomic E-state index is 12.8. The van der Waals surface area contributed by atoms with Crippen molar-refractivity contribution in [3.8, 4) is 5.75 Å². The van der Waals surface area contributed by atoms with Crippen LogP contribution in [0.25, 0.3) is 0 Å². The van der Waals surface area contributed by atoms with Crippen LogP contribution in [0, 0.1) is 10.1 Å². The third kappa shape index (κ3) is 5.32. The Labute approximate surface area is 166 Å².